The van der Waals surface area contributed by atoms with Gasteiger partial charge in [-0.05, 0) is 48.6 Å². The molecule has 0 aliphatic heterocycles. The highest BCUT2D eigenvalue weighted by Gasteiger charge is 2.27. The second-order valence-corrected chi connectivity index (χ2v) is 10.4. The Balaban J connectivity index is 2.00. The van der Waals surface area contributed by atoms with Crippen LogP contribution in [0.15, 0.2) is 91.0 Å². The Kier molecular flexibility index (Phi) is 7.44. The van der Waals surface area contributed by atoms with E-state index in [4.69, 9.17) is 13.6 Å². The molecular weight excluding hydrogens is 375 g/mol. The Morgan fingerprint density at radius 2 is 1.00 bits per heavy atom. The Labute approximate surface area is 165 Å². The van der Waals surface area contributed by atoms with E-state index in [1.807, 2.05) is 91.0 Å². The van der Waals surface area contributed by atoms with Gasteiger partial charge in [0.2, 0.25) is 0 Å². The van der Waals surface area contributed by atoms with Gasteiger partial charge in [0, 0.05) is 0 Å². The zero-order chi connectivity index (χ0) is 18.8. The van der Waals surface area contributed by atoms with Gasteiger partial charge in [0.25, 0.3) is 0 Å². The van der Waals surface area contributed by atoms with Crippen molar-refractivity contribution in [2.24, 2.45) is 0 Å². The minimum absolute atomic E-state index is 0.752. The van der Waals surface area contributed by atoms with Crippen molar-refractivity contribution in [3.8, 4) is 17.2 Å². The maximum Gasteiger partial charge on any atom is 0.443 e. The number of rotatable bonds is 9. The third-order valence-corrected chi connectivity index (χ3v) is 8.24. The smallest absolute Gasteiger partial charge is 0.411 e. The highest BCUT2D eigenvalue weighted by Crippen LogP contribution is 2.51. The van der Waals surface area contributed by atoms with Gasteiger partial charge in [-0.1, -0.05) is 78.9 Å². The number of benzene rings is 3. The summed E-state index contributed by atoms with van der Waals surface area (Å²) in [7, 11) is 1.02. The predicted molar refractivity (Wildman–Crippen MR) is 117 cm³/mol. The first-order valence-corrected chi connectivity index (χ1v) is 12.4. The van der Waals surface area contributed by atoms with Crippen molar-refractivity contribution in [1.82, 2.24) is 0 Å². The first-order chi connectivity index (χ1) is 13.3. The Morgan fingerprint density at radius 3 is 1.33 bits per heavy atom. The van der Waals surface area contributed by atoms with Crippen LogP contribution in [0.4, 0.5) is 0 Å². The summed E-state index contributed by atoms with van der Waals surface area (Å²) in [5, 5.41) is 0. The fourth-order valence-electron chi connectivity index (χ4n) is 2.34. The maximum atomic E-state index is 6.41. The molecule has 0 aliphatic rings. The van der Waals surface area contributed by atoms with Crippen LogP contribution in [-0.2, 0) is 10.9 Å². The van der Waals surface area contributed by atoms with Crippen molar-refractivity contribution in [2.45, 2.75) is 19.8 Å². The molecule has 0 aromatic heterocycles. The Morgan fingerprint density at radius 1 is 0.630 bits per heavy atom. The van der Waals surface area contributed by atoms with Gasteiger partial charge in [0.15, 0.2) is 0 Å². The molecule has 0 radical (unpaired) electrons. The lowest BCUT2D eigenvalue weighted by molar-refractivity contribution is 0.383. The first kappa shape index (κ1) is 19.6. The molecule has 0 bridgehead atoms. The van der Waals surface area contributed by atoms with E-state index in [0.717, 1.165) is 46.8 Å². The molecule has 0 amide bonds. The fourth-order valence-corrected chi connectivity index (χ4v) is 7.02. The number of para-hydroxylation sites is 3. The molecule has 0 saturated heterocycles. The van der Waals surface area contributed by atoms with E-state index >= 15 is 0 Å². The van der Waals surface area contributed by atoms with Gasteiger partial charge in [-0.25, -0.2) is 0 Å². The first-order valence-electron chi connectivity index (χ1n) is 9.12. The van der Waals surface area contributed by atoms with Crippen LogP contribution in [0.5, 0.6) is 17.2 Å². The number of thiol groups is 1. The second-order valence-electron chi connectivity index (χ2n) is 5.90. The highest BCUT2D eigenvalue weighted by molar-refractivity contribution is 8.18. The zero-order valence-corrected chi connectivity index (χ0v) is 17.2. The summed E-state index contributed by atoms with van der Waals surface area (Å²) in [4.78, 5) is 0. The van der Waals surface area contributed by atoms with E-state index in [1.165, 1.54) is 0 Å². The van der Waals surface area contributed by atoms with E-state index in [2.05, 4.69) is 6.92 Å². The fraction of sp³-hybridized carbons (Fsp3) is 0.182. The zero-order valence-electron chi connectivity index (χ0n) is 15.4. The van der Waals surface area contributed by atoms with Gasteiger partial charge in [-0.2, -0.15) is 0 Å². The summed E-state index contributed by atoms with van der Waals surface area (Å²) in [6.07, 6.45) is 2.22. The molecule has 0 saturated carbocycles. The molecule has 27 heavy (non-hydrogen) atoms. The van der Waals surface area contributed by atoms with E-state index in [9.17, 15) is 0 Å². The minimum Gasteiger partial charge on any atom is -0.411 e. The lowest BCUT2D eigenvalue weighted by Gasteiger charge is -2.26. The monoisotopic (exact) mass is 400 g/mol. The maximum absolute atomic E-state index is 6.41. The molecule has 0 heterocycles. The van der Waals surface area contributed by atoms with Gasteiger partial charge in [-0.15, -0.1) is 0 Å². The molecule has 142 valence electrons. The number of unbranched alkanes of at least 4 members (excludes halogenated alkanes) is 1. The van der Waals surface area contributed by atoms with E-state index in [-0.39, 0.29) is 0 Å². The minimum atomic E-state index is -2.72. The van der Waals surface area contributed by atoms with Crippen molar-refractivity contribution >= 4 is 17.7 Å². The third-order valence-electron chi connectivity index (χ3n) is 3.68. The highest BCUT2D eigenvalue weighted by atomic mass is 32.5. The van der Waals surface area contributed by atoms with Crippen LogP contribution in [0.2, 0.25) is 0 Å². The molecule has 0 fully saturated rings. The number of hydrogen-bond donors (Lipinski definition) is 1. The molecule has 3 aromatic rings. The van der Waals surface area contributed by atoms with Gasteiger partial charge < -0.3 is 13.6 Å². The molecule has 0 aliphatic carbocycles. The van der Waals surface area contributed by atoms with E-state index in [0.29, 0.717) is 0 Å². The van der Waals surface area contributed by atoms with Crippen LogP contribution < -0.4 is 13.6 Å². The van der Waals surface area contributed by atoms with Gasteiger partial charge in [0.1, 0.15) is 17.2 Å². The molecule has 3 aromatic carbocycles. The van der Waals surface area contributed by atoms with Crippen LogP contribution in [0.3, 0.4) is 0 Å². The molecule has 3 rings (SSSR count). The summed E-state index contributed by atoms with van der Waals surface area (Å²) in [5.74, 6) is 3.21. The summed E-state index contributed by atoms with van der Waals surface area (Å²) < 4.78 is 19.2. The standard InChI is InChI=1S/C22H25O3PS/c1-2-3-19-27-26(23-20-13-7-4-8-14-20,24-21-15-9-5-10-16-21)25-22-17-11-6-12-18-22/h4-18,27H,2-3,19H2,1H3. The average Bonchev–Trinajstić information content (AvgIpc) is 2.70. The van der Waals surface area contributed by atoms with Crippen molar-refractivity contribution in [1.29, 1.82) is 0 Å². The van der Waals surface area contributed by atoms with E-state index < -0.39 is 6.72 Å². The van der Waals surface area contributed by atoms with Crippen LogP contribution in [0.1, 0.15) is 19.8 Å². The third kappa shape index (κ3) is 6.20. The van der Waals surface area contributed by atoms with Crippen molar-refractivity contribution in [3.63, 3.8) is 0 Å². The van der Waals surface area contributed by atoms with E-state index in [1.54, 1.807) is 0 Å². The normalized spacial score (nSPS) is 11.0. The summed E-state index contributed by atoms with van der Waals surface area (Å²) in [6, 6.07) is 29.3. The van der Waals surface area contributed by atoms with Crippen molar-refractivity contribution < 1.29 is 13.6 Å². The van der Waals surface area contributed by atoms with Crippen molar-refractivity contribution in [3.05, 3.63) is 91.0 Å². The molecular formula is C22H25O3PS. The molecule has 5 heteroatoms. The second kappa shape index (κ2) is 10.2. The SMILES string of the molecule is CCCC[SH]=P(Oc1ccccc1)(Oc1ccccc1)Oc1ccccc1. The largest absolute Gasteiger partial charge is 0.443 e. The average molecular weight is 400 g/mol. The topological polar surface area (TPSA) is 27.7 Å². The van der Waals surface area contributed by atoms with Crippen molar-refractivity contribution in [2.75, 3.05) is 5.75 Å². The van der Waals surface area contributed by atoms with Gasteiger partial charge in [0.05, 0.1) is 0 Å². The Hall–Kier alpha value is -2.16. The van der Waals surface area contributed by atoms with Gasteiger partial charge >= 0.3 is 6.72 Å². The summed E-state index contributed by atoms with van der Waals surface area (Å²) >= 11 is 0. The quantitative estimate of drug-likeness (QED) is 0.252. The predicted octanol–water partition coefficient (Wildman–Crippen LogP) is 6.52. The van der Waals surface area contributed by atoms with Crippen LogP contribution in [-0.4, -0.2) is 5.75 Å². The summed E-state index contributed by atoms with van der Waals surface area (Å²) in [5.41, 5.74) is 0. The van der Waals surface area contributed by atoms with Crippen LogP contribution >= 0.6 is 6.72 Å². The molecule has 0 N–H and O–H groups in total. The molecule has 0 unspecified atom stereocenters. The molecule has 0 atom stereocenters. The lowest BCUT2D eigenvalue weighted by atomic mass is 10.3. The van der Waals surface area contributed by atoms with Crippen LogP contribution in [0, 0.1) is 0 Å². The Bertz CT molecular complexity index is 746. The van der Waals surface area contributed by atoms with Gasteiger partial charge in [-0.3, -0.25) is 0 Å². The molecule has 3 nitrogen and oxygen atoms in total. The number of hydrogen-bond acceptors (Lipinski definition) is 3. The van der Waals surface area contributed by atoms with Crippen LogP contribution in [0.25, 0.3) is 0 Å². The lowest BCUT2D eigenvalue weighted by Crippen LogP contribution is -2.10. The summed E-state index contributed by atoms with van der Waals surface area (Å²) in [6.45, 7) is -0.535. The molecule has 0 spiro atoms.